The topological polar surface area (TPSA) is 79.8 Å². The number of H-pyrrole nitrogens is 1. The van der Waals surface area contributed by atoms with Crippen LogP contribution in [0.25, 0.3) is 0 Å². The molecular formula is C17H24N4O2S. The van der Waals surface area contributed by atoms with Gasteiger partial charge in [-0.3, -0.25) is 9.36 Å². The van der Waals surface area contributed by atoms with Crippen molar-refractivity contribution in [1.82, 2.24) is 20.1 Å². The fourth-order valence-electron chi connectivity index (χ4n) is 2.09. The molecule has 0 aliphatic heterocycles. The number of thioether (sulfide) groups is 1. The maximum absolute atomic E-state index is 12.0. The van der Waals surface area contributed by atoms with Gasteiger partial charge in [-0.25, -0.2) is 9.89 Å². The molecular weight excluding hydrogens is 324 g/mol. The molecule has 1 aromatic heterocycles. The van der Waals surface area contributed by atoms with Crippen molar-refractivity contribution in [2.75, 3.05) is 5.75 Å². The van der Waals surface area contributed by atoms with Gasteiger partial charge in [-0.15, -0.1) is 5.10 Å². The van der Waals surface area contributed by atoms with Crippen LogP contribution < -0.4 is 11.0 Å². The number of rotatable bonds is 8. The van der Waals surface area contributed by atoms with Gasteiger partial charge < -0.3 is 5.32 Å². The third-order valence-electron chi connectivity index (χ3n) is 3.91. The fraction of sp³-hybridized carbons (Fsp3) is 0.471. The van der Waals surface area contributed by atoms with Crippen molar-refractivity contribution in [1.29, 1.82) is 0 Å². The number of amides is 1. The molecule has 2 rings (SSSR count). The van der Waals surface area contributed by atoms with E-state index in [1.165, 1.54) is 11.8 Å². The predicted molar refractivity (Wildman–Crippen MR) is 96.2 cm³/mol. The van der Waals surface area contributed by atoms with Gasteiger partial charge in [0.05, 0.1) is 5.75 Å². The van der Waals surface area contributed by atoms with Crippen LogP contribution in [0.3, 0.4) is 0 Å². The Kier molecular flexibility index (Phi) is 6.66. The molecule has 1 atom stereocenters. The van der Waals surface area contributed by atoms with Crippen molar-refractivity contribution in [2.45, 2.75) is 44.9 Å². The fourth-order valence-corrected chi connectivity index (χ4v) is 2.87. The number of benzene rings is 1. The minimum Gasteiger partial charge on any atom is -0.353 e. The second-order valence-corrected chi connectivity index (χ2v) is 7.03. The van der Waals surface area contributed by atoms with Crippen molar-refractivity contribution in [3.05, 3.63) is 46.4 Å². The summed E-state index contributed by atoms with van der Waals surface area (Å²) in [5.74, 6) is 0.576. The number of nitrogens with zero attached hydrogens (tertiary/aromatic N) is 2. The van der Waals surface area contributed by atoms with Crippen molar-refractivity contribution in [2.24, 2.45) is 5.92 Å². The van der Waals surface area contributed by atoms with Crippen molar-refractivity contribution in [3.63, 3.8) is 0 Å². The minimum absolute atomic E-state index is 0.0498. The van der Waals surface area contributed by atoms with E-state index < -0.39 is 0 Å². The number of hydrogen-bond donors (Lipinski definition) is 2. The zero-order valence-corrected chi connectivity index (χ0v) is 15.1. The Hall–Kier alpha value is -2.02. The van der Waals surface area contributed by atoms with Gasteiger partial charge in [-0.2, -0.15) is 0 Å². The van der Waals surface area contributed by atoms with Crippen LogP contribution in [0.5, 0.6) is 0 Å². The second kappa shape index (κ2) is 8.73. The normalized spacial score (nSPS) is 12.3. The summed E-state index contributed by atoms with van der Waals surface area (Å²) in [4.78, 5) is 23.9. The first kappa shape index (κ1) is 18.3. The molecule has 24 heavy (non-hydrogen) atoms. The van der Waals surface area contributed by atoms with Gasteiger partial charge in [0, 0.05) is 12.6 Å². The van der Waals surface area contributed by atoms with E-state index in [1.807, 2.05) is 37.3 Å². The monoisotopic (exact) mass is 348 g/mol. The number of aromatic amines is 1. The summed E-state index contributed by atoms with van der Waals surface area (Å²) in [6.45, 7) is 6.64. The zero-order chi connectivity index (χ0) is 17.5. The summed E-state index contributed by atoms with van der Waals surface area (Å²) in [5.41, 5.74) is 0.912. The van der Waals surface area contributed by atoms with E-state index in [4.69, 9.17) is 0 Å². The van der Waals surface area contributed by atoms with Crippen molar-refractivity contribution in [3.8, 4) is 0 Å². The standard InChI is InChI=1S/C17H24N4O2S/c1-12(2)13(3)18-15(22)11-24-17-20-19-16(23)21(17)10-9-14-7-5-4-6-8-14/h4-8,12-13H,9-11H2,1-3H3,(H,18,22)(H,19,23)/t13-/m1/s1. The van der Waals surface area contributed by atoms with Crippen LogP contribution in [0.1, 0.15) is 26.3 Å². The molecule has 0 bridgehead atoms. The SMILES string of the molecule is CC(C)[C@@H](C)NC(=O)CSc1n[nH]c(=O)n1CCc1ccccc1. The molecule has 7 heteroatoms. The predicted octanol–water partition coefficient (Wildman–Crippen LogP) is 2.07. The molecule has 1 heterocycles. The number of aromatic nitrogens is 3. The average molecular weight is 348 g/mol. The van der Waals surface area contributed by atoms with Gasteiger partial charge in [0.1, 0.15) is 0 Å². The molecule has 0 saturated heterocycles. The molecule has 2 N–H and O–H groups in total. The van der Waals surface area contributed by atoms with Crippen LogP contribution in [0.15, 0.2) is 40.3 Å². The minimum atomic E-state index is -0.246. The first-order valence-electron chi connectivity index (χ1n) is 8.08. The van der Waals surface area contributed by atoms with Crippen LogP contribution in [-0.4, -0.2) is 32.5 Å². The third kappa shape index (κ3) is 5.26. The Morgan fingerprint density at radius 1 is 1.29 bits per heavy atom. The highest BCUT2D eigenvalue weighted by atomic mass is 32.2. The molecule has 1 aromatic carbocycles. The number of aryl methyl sites for hydroxylation is 1. The number of nitrogens with one attached hydrogen (secondary N) is 2. The van der Waals surface area contributed by atoms with E-state index in [0.717, 1.165) is 12.0 Å². The first-order valence-corrected chi connectivity index (χ1v) is 9.07. The maximum atomic E-state index is 12.0. The van der Waals surface area contributed by atoms with Gasteiger partial charge in [0.15, 0.2) is 5.16 Å². The molecule has 0 aliphatic rings. The lowest BCUT2D eigenvalue weighted by atomic mass is 10.1. The largest absolute Gasteiger partial charge is 0.353 e. The molecule has 6 nitrogen and oxygen atoms in total. The molecule has 1 amide bonds. The molecule has 2 aromatic rings. The summed E-state index contributed by atoms with van der Waals surface area (Å²) in [5, 5.41) is 9.98. The zero-order valence-electron chi connectivity index (χ0n) is 14.3. The molecule has 0 aliphatic carbocycles. The number of hydrogen-bond acceptors (Lipinski definition) is 4. The van der Waals surface area contributed by atoms with Gasteiger partial charge in [0.25, 0.3) is 0 Å². The lowest BCUT2D eigenvalue weighted by molar-refractivity contribution is -0.119. The maximum Gasteiger partial charge on any atom is 0.343 e. The highest BCUT2D eigenvalue weighted by molar-refractivity contribution is 7.99. The highest BCUT2D eigenvalue weighted by Crippen LogP contribution is 2.14. The summed E-state index contributed by atoms with van der Waals surface area (Å²) in [6, 6.07) is 10.1. The summed E-state index contributed by atoms with van der Waals surface area (Å²) >= 11 is 1.27. The van der Waals surface area contributed by atoms with Crippen molar-refractivity contribution < 1.29 is 4.79 Å². The Balaban J connectivity index is 1.92. The Labute approximate surface area is 146 Å². The van der Waals surface area contributed by atoms with Crippen LogP contribution in [0.2, 0.25) is 0 Å². The van der Waals surface area contributed by atoms with Crippen LogP contribution in [0, 0.1) is 5.92 Å². The summed E-state index contributed by atoms with van der Waals surface area (Å²) < 4.78 is 1.58. The van der Waals surface area contributed by atoms with Crippen LogP contribution in [0.4, 0.5) is 0 Å². The molecule has 0 fully saturated rings. The summed E-state index contributed by atoms with van der Waals surface area (Å²) in [6.07, 6.45) is 0.740. The number of carbonyl (C=O) groups excluding carboxylic acids is 1. The van der Waals surface area contributed by atoms with Crippen molar-refractivity contribution >= 4 is 17.7 Å². The molecule has 0 spiro atoms. The van der Waals surface area contributed by atoms with E-state index in [1.54, 1.807) is 4.57 Å². The van der Waals surface area contributed by atoms with E-state index in [-0.39, 0.29) is 23.4 Å². The molecule has 0 unspecified atom stereocenters. The quantitative estimate of drug-likeness (QED) is 0.716. The Morgan fingerprint density at radius 2 is 2.00 bits per heavy atom. The van der Waals surface area contributed by atoms with E-state index >= 15 is 0 Å². The van der Waals surface area contributed by atoms with E-state index in [0.29, 0.717) is 17.6 Å². The Morgan fingerprint density at radius 3 is 2.67 bits per heavy atom. The van der Waals surface area contributed by atoms with Gasteiger partial charge in [-0.1, -0.05) is 55.9 Å². The summed E-state index contributed by atoms with van der Waals surface area (Å²) in [7, 11) is 0. The van der Waals surface area contributed by atoms with Gasteiger partial charge in [0.2, 0.25) is 5.91 Å². The van der Waals surface area contributed by atoms with E-state index in [9.17, 15) is 9.59 Å². The highest BCUT2D eigenvalue weighted by Gasteiger charge is 2.14. The number of carbonyl (C=O) groups is 1. The second-order valence-electron chi connectivity index (χ2n) is 6.09. The lowest BCUT2D eigenvalue weighted by Crippen LogP contribution is -2.37. The lowest BCUT2D eigenvalue weighted by Gasteiger charge is -2.17. The smallest absolute Gasteiger partial charge is 0.343 e. The first-order chi connectivity index (χ1) is 11.5. The average Bonchev–Trinajstić information content (AvgIpc) is 2.92. The molecule has 0 radical (unpaired) electrons. The van der Waals surface area contributed by atoms with Crippen LogP contribution in [-0.2, 0) is 17.8 Å². The van der Waals surface area contributed by atoms with Gasteiger partial charge >= 0.3 is 5.69 Å². The van der Waals surface area contributed by atoms with Crippen LogP contribution >= 0.6 is 11.8 Å². The van der Waals surface area contributed by atoms with Gasteiger partial charge in [-0.05, 0) is 24.8 Å². The Bertz CT molecular complexity index is 709. The third-order valence-corrected chi connectivity index (χ3v) is 4.89. The molecule has 130 valence electrons. The molecule has 0 saturated carbocycles. The van der Waals surface area contributed by atoms with E-state index in [2.05, 4.69) is 29.4 Å².